The van der Waals surface area contributed by atoms with Crippen LogP contribution in [0.2, 0.25) is 0 Å². The maximum Gasteiger partial charge on any atom is 0.327 e. The third-order valence-corrected chi connectivity index (χ3v) is 3.12. The standard InChI is InChI=1S/C13H22N4O3/c1-4-16-11(6-5-7-15-10(3)14)12(19)17(13(16)20)8-9(2)18/h11H,4-8H2,1-3H3,(H2,14,15). The van der Waals surface area contributed by atoms with Gasteiger partial charge in [0.1, 0.15) is 11.8 Å². The molecule has 2 N–H and O–H groups in total. The number of aliphatic imine (C=N–C) groups is 1. The predicted molar refractivity (Wildman–Crippen MR) is 75.4 cm³/mol. The lowest BCUT2D eigenvalue weighted by atomic mass is 10.1. The van der Waals surface area contributed by atoms with Gasteiger partial charge >= 0.3 is 6.03 Å². The van der Waals surface area contributed by atoms with Gasteiger partial charge in [0.15, 0.2) is 0 Å². The van der Waals surface area contributed by atoms with Crippen LogP contribution >= 0.6 is 0 Å². The molecule has 1 saturated heterocycles. The molecule has 20 heavy (non-hydrogen) atoms. The van der Waals surface area contributed by atoms with Crippen LogP contribution in [0.5, 0.6) is 0 Å². The highest BCUT2D eigenvalue weighted by Crippen LogP contribution is 2.21. The van der Waals surface area contributed by atoms with E-state index in [-0.39, 0.29) is 24.3 Å². The summed E-state index contributed by atoms with van der Waals surface area (Å²) in [6, 6.07) is -0.865. The smallest absolute Gasteiger partial charge is 0.327 e. The first-order valence-corrected chi connectivity index (χ1v) is 6.76. The third-order valence-electron chi connectivity index (χ3n) is 3.12. The topological polar surface area (TPSA) is 96.1 Å². The van der Waals surface area contributed by atoms with E-state index in [2.05, 4.69) is 4.99 Å². The molecule has 1 rings (SSSR count). The van der Waals surface area contributed by atoms with Gasteiger partial charge in [-0.15, -0.1) is 0 Å². The molecule has 1 aliphatic heterocycles. The Morgan fingerprint density at radius 3 is 2.50 bits per heavy atom. The Kier molecular flexibility index (Phi) is 5.66. The molecule has 7 nitrogen and oxygen atoms in total. The Balaban J connectivity index is 2.69. The second-order valence-corrected chi connectivity index (χ2v) is 4.88. The zero-order chi connectivity index (χ0) is 15.3. The maximum atomic E-state index is 12.2. The summed E-state index contributed by atoms with van der Waals surface area (Å²) in [6.45, 7) is 5.72. The zero-order valence-electron chi connectivity index (χ0n) is 12.3. The van der Waals surface area contributed by atoms with Crippen LogP contribution in [0.15, 0.2) is 4.99 Å². The van der Waals surface area contributed by atoms with Gasteiger partial charge in [0.05, 0.1) is 12.4 Å². The first-order valence-electron chi connectivity index (χ1n) is 6.76. The molecule has 0 radical (unpaired) electrons. The molecule has 1 fully saturated rings. The fourth-order valence-corrected chi connectivity index (χ4v) is 2.24. The molecule has 1 aliphatic rings. The van der Waals surface area contributed by atoms with Gasteiger partial charge in [-0.3, -0.25) is 19.5 Å². The van der Waals surface area contributed by atoms with E-state index in [0.29, 0.717) is 31.8 Å². The van der Waals surface area contributed by atoms with Crippen LogP contribution in [0.1, 0.15) is 33.6 Å². The van der Waals surface area contributed by atoms with Crippen molar-refractivity contribution in [1.82, 2.24) is 9.80 Å². The summed E-state index contributed by atoms with van der Waals surface area (Å²) in [5.41, 5.74) is 5.44. The monoisotopic (exact) mass is 282 g/mol. The minimum Gasteiger partial charge on any atom is -0.388 e. The van der Waals surface area contributed by atoms with Crippen LogP contribution < -0.4 is 5.73 Å². The van der Waals surface area contributed by atoms with Crippen LogP contribution in [-0.2, 0) is 9.59 Å². The van der Waals surface area contributed by atoms with Crippen molar-refractivity contribution in [2.75, 3.05) is 19.6 Å². The van der Waals surface area contributed by atoms with Gasteiger partial charge in [-0.2, -0.15) is 0 Å². The minimum absolute atomic E-state index is 0.148. The second kappa shape index (κ2) is 7.02. The zero-order valence-corrected chi connectivity index (χ0v) is 12.3. The Labute approximate surface area is 118 Å². The Hall–Kier alpha value is -1.92. The summed E-state index contributed by atoms with van der Waals surface area (Å²) in [4.78, 5) is 42.0. The van der Waals surface area contributed by atoms with Gasteiger partial charge < -0.3 is 10.6 Å². The van der Waals surface area contributed by atoms with E-state index in [1.807, 2.05) is 6.92 Å². The number of carbonyl (C=O) groups is 3. The van der Waals surface area contributed by atoms with Crippen molar-refractivity contribution in [3.63, 3.8) is 0 Å². The summed E-state index contributed by atoms with van der Waals surface area (Å²) >= 11 is 0. The lowest BCUT2D eigenvalue weighted by Gasteiger charge is -2.19. The number of hydrogen-bond donors (Lipinski definition) is 1. The summed E-state index contributed by atoms with van der Waals surface area (Å²) < 4.78 is 0. The molecule has 0 aromatic carbocycles. The number of imide groups is 1. The lowest BCUT2D eigenvalue weighted by Crippen LogP contribution is -2.36. The number of hydrogen-bond acceptors (Lipinski definition) is 4. The number of amides is 3. The van der Waals surface area contributed by atoms with Crippen molar-refractivity contribution in [3.8, 4) is 0 Å². The molecule has 0 aromatic rings. The number of amidine groups is 1. The number of nitrogens with two attached hydrogens (primary N) is 1. The van der Waals surface area contributed by atoms with Gasteiger partial charge in [0, 0.05) is 13.1 Å². The highest BCUT2D eigenvalue weighted by molar-refractivity contribution is 6.06. The van der Waals surface area contributed by atoms with E-state index < -0.39 is 6.04 Å². The van der Waals surface area contributed by atoms with Crippen LogP contribution in [0.3, 0.4) is 0 Å². The van der Waals surface area contributed by atoms with Crippen molar-refractivity contribution in [1.29, 1.82) is 0 Å². The number of likely N-dealkylation sites (N-methyl/N-ethyl adjacent to an activating group) is 1. The highest BCUT2D eigenvalue weighted by Gasteiger charge is 2.43. The highest BCUT2D eigenvalue weighted by atomic mass is 16.2. The Bertz CT molecular complexity index is 429. The van der Waals surface area contributed by atoms with E-state index in [0.717, 1.165) is 4.90 Å². The minimum atomic E-state index is -0.486. The fourth-order valence-electron chi connectivity index (χ4n) is 2.24. The molecular weight excluding hydrogens is 260 g/mol. The van der Waals surface area contributed by atoms with Crippen molar-refractivity contribution in [3.05, 3.63) is 0 Å². The van der Waals surface area contributed by atoms with Gasteiger partial charge in [0.2, 0.25) is 0 Å². The quantitative estimate of drug-likeness (QED) is 0.316. The largest absolute Gasteiger partial charge is 0.388 e. The van der Waals surface area contributed by atoms with E-state index in [9.17, 15) is 14.4 Å². The molecule has 1 unspecified atom stereocenters. The van der Waals surface area contributed by atoms with Crippen LogP contribution in [0.25, 0.3) is 0 Å². The van der Waals surface area contributed by atoms with Crippen LogP contribution in [0.4, 0.5) is 4.79 Å². The van der Waals surface area contributed by atoms with Gasteiger partial charge in [-0.1, -0.05) is 0 Å². The van der Waals surface area contributed by atoms with Gasteiger partial charge in [0.25, 0.3) is 5.91 Å². The van der Waals surface area contributed by atoms with Crippen molar-refractivity contribution >= 4 is 23.6 Å². The number of ketones is 1. The van der Waals surface area contributed by atoms with Crippen LogP contribution in [0, 0.1) is 0 Å². The molecule has 112 valence electrons. The number of carbonyl (C=O) groups excluding carboxylic acids is 3. The van der Waals surface area contributed by atoms with E-state index in [4.69, 9.17) is 5.73 Å². The van der Waals surface area contributed by atoms with Crippen molar-refractivity contribution in [2.24, 2.45) is 10.7 Å². The molecule has 0 saturated carbocycles. The lowest BCUT2D eigenvalue weighted by molar-refractivity contribution is -0.131. The molecule has 0 bridgehead atoms. The average Bonchev–Trinajstić information content (AvgIpc) is 2.58. The van der Waals surface area contributed by atoms with Crippen molar-refractivity contribution in [2.45, 2.75) is 39.7 Å². The summed E-state index contributed by atoms with van der Waals surface area (Å²) in [6.07, 6.45) is 1.20. The molecule has 0 aliphatic carbocycles. The fraction of sp³-hybridized carbons (Fsp3) is 0.692. The van der Waals surface area contributed by atoms with Crippen LogP contribution in [-0.4, -0.2) is 59.0 Å². The molecule has 0 aromatic heterocycles. The average molecular weight is 282 g/mol. The number of Topliss-reactive ketones (excluding diaryl/α,β-unsaturated/α-hetero) is 1. The van der Waals surface area contributed by atoms with Crippen molar-refractivity contribution < 1.29 is 14.4 Å². The van der Waals surface area contributed by atoms with E-state index >= 15 is 0 Å². The molecule has 7 heteroatoms. The summed E-state index contributed by atoms with van der Waals surface area (Å²) in [5, 5.41) is 0. The van der Waals surface area contributed by atoms with E-state index in [1.54, 1.807) is 6.92 Å². The number of urea groups is 1. The number of rotatable bonds is 7. The molecule has 0 spiro atoms. The molecular formula is C13H22N4O3. The Morgan fingerprint density at radius 1 is 1.35 bits per heavy atom. The number of nitrogens with zero attached hydrogens (tertiary/aromatic N) is 3. The first kappa shape index (κ1) is 16.1. The van der Waals surface area contributed by atoms with E-state index in [1.165, 1.54) is 11.8 Å². The first-order chi connectivity index (χ1) is 9.38. The Morgan fingerprint density at radius 2 is 2.00 bits per heavy atom. The summed E-state index contributed by atoms with van der Waals surface area (Å²) in [7, 11) is 0. The normalized spacial score (nSPS) is 19.9. The molecule has 3 amide bonds. The van der Waals surface area contributed by atoms with Gasteiger partial charge in [-0.25, -0.2) is 4.79 Å². The SMILES string of the molecule is CCN1C(=O)N(CC(C)=O)C(=O)C1CCCN=C(C)N. The molecule has 1 heterocycles. The third kappa shape index (κ3) is 3.79. The maximum absolute atomic E-state index is 12.2. The second-order valence-electron chi connectivity index (χ2n) is 4.88. The summed E-state index contributed by atoms with van der Waals surface area (Å²) in [5.74, 6) is 0.0108. The van der Waals surface area contributed by atoms with Gasteiger partial charge in [-0.05, 0) is 33.6 Å². The molecule has 1 atom stereocenters. The predicted octanol–water partition coefficient (Wildman–Crippen LogP) is 0.385.